The maximum atomic E-state index is 5.81. The van der Waals surface area contributed by atoms with Crippen LogP contribution in [-0.2, 0) is 0 Å². The van der Waals surface area contributed by atoms with Gasteiger partial charge in [0.15, 0.2) is 5.82 Å². The minimum absolute atomic E-state index is 0.363. The molecule has 0 fully saturated rings. The fourth-order valence-corrected chi connectivity index (χ4v) is 1.92. The van der Waals surface area contributed by atoms with Gasteiger partial charge in [0.2, 0.25) is 0 Å². The lowest BCUT2D eigenvalue weighted by atomic mass is 10.1. The zero-order valence-corrected chi connectivity index (χ0v) is 10.1. The first-order valence-electron chi connectivity index (χ1n) is 5.40. The highest BCUT2D eigenvalue weighted by atomic mass is 35.5. The van der Waals surface area contributed by atoms with Crippen molar-refractivity contribution in [2.45, 2.75) is 0 Å². The second-order valence-electron chi connectivity index (χ2n) is 3.75. The van der Waals surface area contributed by atoms with Crippen molar-refractivity contribution in [3.63, 3.8) is 0 Å². The molecule has 2 aromatic heterocycles. The van der Waals surface area contributed by atoms with Crippen LogP contribution in [0.4, 0.5) is 11.5 Å². The molecule has 0 atom stereocenters. The highest BCUT2D eigenvalue weighted by Crippen LogP contribution is 2.24. The second-order valence-corrected chi connectivity index (χ2v) is 4.14. The molecular weight excluding hydrogens is 248 g/mol. The molecule has 3 rings (SSSR count). The number of rotatable bonds is 2. The predicted octanol–water partition coefficient (Wildman–Crippen LogP) is 3.42. The SMILES string of the molecule is Clc1cncc(Nc2cccc3cnccc23)n1. The van der Waals surface area contributed by atoms with Crippen molar-refractivity contribution in [1.29, 1.82) is 0 Å². The van der Waals surface area contributed by atoms with Gasteiger partial charge < -0.3 is 5.32 Å². The highest BCUT2D eigenvalue weighted by molar-refractivity contribution is 6.29. The molecular formula is C13H9ClN4. The first-order chi connectivity index (χ1) is 8.83. The molecule has 0 aliphatic rings. The Hall–Kier alpha value is -2.20. The molecule has 18 heavy (non-hydrogen) atoms. The number of hydrogen-bond donors (Lipinski definition) is 1. The number of hydrogen-bond acceptors (Lipinski definition) is 4. The monoisotopic (exact) mass is 256 g/mol. The van der Waals surface area contributed by atoms with E-state index < -0.39 is 0 Å². The third-order valence-corrected chi connectivity index (χ3v) is 2.73. The van der Waals surface area contributed by atoms with E-state index >= 15 is 0 Å². The van der Waals surface area contributed by atoms with Crippen LogP contribution in [0.25, 0.3) is 10.8 Å². The van der Waals surface area contributed by atoms with E-state index in [0.717, 1.165) is 16.5 Å². The van der Waals surface area contributed by atoms with Crippen molar-refractivity contribution in [2.24, 2.45) is 0 Å². The Morgan fingerprint density at radius 1 is 1.00 bits per heavy atom. The van der Waals surface area contributed by atoms with E-state index in [1.165, 1.54) is 6.20 Å². The van der Waals surface area contributed by atoms with Crippen molar-refractivity contribution in [2.75, 3.05) is 5.32 Å². The van der Waals surface area contributed by atoms with Gasteiger partial charge in [0.1, 0.15) is 5.15 Å². The Kier molecular flexibility index (Phi) is 2.78. The summed E-state index contributed by atoms with van der Waals surface area (Å²) >= 11 is 5.81. The fraction of sp³-hybridized carbons (Fsp3) is 0. The third-order valence-electron chi connectivity index (χ3n) is 2.55. The number of pyridine rings is 1. The Morgan fingerprint density at radius 2 is 1.94 bits per heavy atom. The number of anilines is 2. The first kappa shape index (κ1) is 10.9. The van der Waals surface area contributed by atoms with Crippen molar-refractivity contribution in [3.8, 4) is 0 Å². The van der Waals surface area contributed by atoms with Crippen LogP contribution in [0.1, 0.15) is 0 Å². The summed E-state index contributed by atoms with van der Waals surface area (Å²) in [4.78, 5) is 12.2. The largest absolute Gasteiger partial charge is 0.338 e. The molecule has 3 aromatic rings. The number of aromatic nitrogens is 3. The second kappa shape index (κ2) is 4.58. The summed E-state index contributed by atoms with van der Waals surface area (Å²) in [5, 5.41) is 5.71. The topological polar surface area (TPSA) is 50.7 Å². The van der Waals surface area contributed by atoms with Gasteiger partial charge in [-0.2, -0.15) is 0 Å². The van der Waals surface area contributed by atoms with E-state index in [1.54, 1.807) is 12.4 Å². The summed E-state index contributed by atoms with van der Waals surface area (Å²) in [5.41, 5.74) is 0.950. The predicted molar refractivity (Wildman–Crippen MR) is 72.1 cm³/mol. The minimum Gasteiger partial charge on any atom is -0.338 e. The molecule has 0 aliphatic heterocycles. The van der Waals surface area contributed by atoms with Crippen LogP contribution >= 0.6 is 11.6 Å². The quantitative estimate of drug-likeness (QED) is 0.763. The van der Waals surface area contributed by atoms with Crippen LogP contribution in [0.5, 0.6) is 0 Å². The van der Waals surface area contributed by atoms with Crippen LogP contribution in [0.2, 0.25) is 5.15 Å². The highest BCUT2D eigenvalue weighted by Gasteiger charge is 2.02. The fourth-order valence-electron chi connectivity index (χ4n) is 1.77. The van der Waals surface area contributed by atoms with E-state index in [1.807, 2.05) is 30.5 Å². The lowest BCUT2D eigenvalue weighted by molar-refractivity contribution is 1.20. The molecule has 0 spiro atoms. The summed E-state index contributed by atoms with van der Waals surface area (Å²) in [6.45, 7) is 0. The molecule has 0 bridgehead atoms. The lowest BCUT2D eigenvalue weighted by Gasteiger charge is -2.08. The zero-order valence-electron chi connectivity index (χ0n) is 9.34. The van der Waals surface area contributed by atoms with Crippen LogP contribution < -0.4 is 5.32 Å². The summed E-state index contributed by atoms with van der Waals surface area (Å²) in [5.74, 6) is 0.617. The van der Waals surface area contributed by atoms with E-state index in [9.17, 15) is 0 Å². The molecule has 0 aliphatic carbocycles. The van der Waals surface area contributed by atoms with Crippen molar-refractivity contribution in [1.82, 2.24) is 15.0 Å². The number of fused-ring (bicyclic) bond motifs is 1. The van der Waals surface area contributed by atoms with Gasteiger partial charge >= 0.3 is 0 Å². The standard InChI is InChI=1S/C13H9ClN4/c14-12-7-16-8-13(18-12)17-11-3-1-2-9-6-15-5-4-10(9)11/h1-8H,(H,17,18). The van der Waals surface area contributed by atoms with Crippen molar-refractivity contribution < 1.29 is 0 Å². The van der Waals surface area contributed by atoms with Gasteiger partial charge in [-0.15, -0.1) is 0 Å². The van der Waals surface area contributed by atoms with Gasteiger partial charge in [0.05, 0.1) is 12.4 Å². The van der Waals surface area contributed by atoms with Gasteiger partial charge in [-0.05, 0) is 12.1 Å². The van der Waals surface area contributed by atoms with Crippen LogP contribution in [0.3, 0.4) is 0 Å². The third kappa shape index (κ3) is 2.10. The molecule has 0 radical (unpaired) electrons. The maximum Gasteiger partial charge on any atom is 0.150 e. The molecule has 2 heterocycles. The molecule has 0 saturated heterocycles. The lowest BCUT2D eigenvalue weighted by Crippen LogP contribution is -1.95. The van der Waals surface area contributed by atoms with E-state index in [2.05, 4.69) is 20.3 Å². The molecule has 0 saturated carbocycles. The van der Waals surface area contributed by atoms with Crippen LogP contribution in [0, 0.1) is 0 Å². The molecule has 88 valence electrons. The van der Waals surface area contributed by atoms with Crippen LogP contribution in [-0.4, -0.2) is 15.0 Å². The molecule has 0 amide bonds. The Labute approximate surface area is 109 Å². The normalized spacial score (nSPS) is 10.5. The van der Waals surface area contributed by atoms with Gasteiger partial charge in [-0.3, -0.25) is 9.97 Å². The Bertz CT molecular complexity index is 694. The molecule has 5 heteroatoms. The number of nitrogens with one attached hydrogen (secondary N) is 1. The van der Waals surface area contributed by atoms with Gasteiger partial charge in [0.25, 0.3) is 0 Å². The number of halogens is 1. The van der Waals surface area contributed by atoms with Crippen molar-refractivity contribution >= 4 is 33.9 Å². The summed E-state index contributed by atoms with van der Waals surface area (Å²) < 4.78 is 0. The Balaban J connectivity index is 2.05. The van der Waals surface area contributed by atoms with Crippen LogP contribution in [0.15, 0.2) is 49.1 Å². The van der Waals surface area contributed by atoms with Gasteiger partial charge in [-0.25, -0.2) is 4.98 Å². The van der Waals surface area contributed by atoms with Gasteiger partial charge in [-0.1, -0.05) is 23.7 Å². The smallest absolute Gasteiger partial charge is 0.150 e. The number of nitrogens with zero attached hydrogens (tertiary/aromatic N) is 3. The zero-order chi connectivity index (χ0) is 12.4. The average molecular weight is 257 g/mol. The minimum atomic E-state index is 0.363. The number of benzene rings is 1. The maximum absolute atomic E-state index is 5.81. The molecule has 1 N–H and O–H groups in total. The molecule has 1 aromatic carbocycles. The summed E-state index contributed by atoms with van der Waals surface area (Å²) in [6.07, 6.45) is 6.72. The molecule has 0 unspecified atom stereocenters. The molecule has 4 nitrogen and oxygen atoms in total. The van der Waals surface area contributed by atoms with E-state index in [-0.39, 0.29) is 0 Å². The summed E-state index contributed by atoms with van der Waals surface area (Å²) in [7, 11) is 0. The van der Waals surface area contributed by atoms with E-state index in [4.69, 9.17) is 11.6 Å². The summed E-state index contributed by atoms with van der Waals surface area (Å²) in [6, 6.07) is 7.90. The Morgan fingerprint density at radius 3 is 2.83 bits per heavy atom. The van der Waals surface area contributed by atoms with Gasteiger partial charge in [0, 0.05) is 28.9 Å². The average Bonchev–Trinajstić information content (AvgIpc) is 2.39. The van der Waals surface area contributed by atoms with Crippen molar-refractivity contribution in [3.05, 3.63) is 54.2 Å². The first-order valence-corrected chi connectivity index (χ1v) is 5.78. The van der Waals surface area contributed by atoms with E-state index in [0.29, 0.717) is 11.0 Å².